The van der Waals surface area contributed by atoms with E-state index in [-0.39, 0.29) is 22.3 Å². The lowest BCUT2D eigenvalue weighted by Crippen LogP contribution is -1.93. The summed E-state index contributed by atoms with van der Waals surface area (Å²) in [7, 11) is 0. The van der Waals surface area contributed by atoms with Crippen molar-refractivity contribution < 1.29 is 15.0 Å². The molecular weight excluding hydrogens is 299 g/mol. The SMILES string of the molecule is O=C(/C=C/c1cc(Cl)cc(Cl)c1O)c1cccc(O)c1. The molecule has 2 aromatic carbocycles. The second-order valence-electron chi connectivity index (χ2n) is 4.07. The third-order valence-electron chi connectivity index (χ3n) is 2.60. The molecule has 0 atom stereocenters. The van der Waals surface area contributed by atoms with Crippen LogP contribution < -0.4 is 0 Å². The Bertz CT molecular complexity index is 694. The maximum absolute atomic E-state index is 11.9. The molecule has 0 saturated heterocycles. The number of hydrogen-bond acceptors (Lipinski definition) is 3. The number of aromatic hydroxyl groups is 2. The monoisotopic (exact) mass is 308 g/mol. The second kappa shape index (κ2) is 5.99. The van der Waals surface area contributed by atoms with Crippen LogP contribution in [0.5, 0.6) is 11.5 Å². The standard InChI is InChI=1S/C15H10Cl2O3/c16-11-6-10(15(20)13(17)8-11)4-5-14(19)9-2-1-3-12(18)7-9/h1-8,18,20H/b5-4+. The fourth-order valence-electron chi connectivity index (χ4n) is 1.63. The van der Waals surface area contributed by atoms with Crippen molar-refractivity contribution in [2.45, 2.75) is 0 Å². The molecule has 0 amide bonds. The number of carbonyl (C=O) groups is 1. The fraction of sp³-hybridized carbons (Fsp3) is 0. The molecule has 0 aromatic heterocycles. The summed E-state index contributed by atoms with van der Waals surface area (Å²) < 4.78 is 0. The molecule has 0 unspecified atom stereocenters. The van der Waals surface area contributed by atoms with Gasteiger partial charge in [-0.05, 0) is 36.4 Å². The molecule has 0 fully saturated rings. The highest BCUT2D eigenvalue weighted by Crippen LogP contribution is 2.32. The molecule has 0 saturated carbocycles. The Balaban J connectivity index is 2.28. The van der Waals surface area contributed by atoms with Crippen LogP contribution in [0.3, 0.4) is 0 Å². The van der Waals surface area contributed by atoms with Crippen LogP contribution in [0.4, 0.5) is 0 Å². The minimum absolute atomic E-state index is 0.0119. The average Bonchev–Trinajstić information content (AvgIpc) is 2.40. The van der Waals surface area contributed by atoms with Crippen molar-refractivity contribution in [3.05, 3.63) is 63.6 Å². The zero-order valence-corrected chi connectivity index (χ0v) is 11.7. The third kappa shape index (κ3) is 3.32. The van der Waals surface area contributed by atoms with Crippen molar-refractivity contribution >= 4 is 35.1 Å². The molecule has 20 heavy (non-hydrogen) atoms. The van der Waals surface area contributed by atoms with Gasteiger partial charge in [-0.25, -0.2) is 0 Å². The summed E-state index contributed by atoms with van der Waals surface area (Å²) in [5.41, 5.74) is 0.685. The van der Waals surface area contributed by atoms with Gasteiger partial charge in [-0.2, -0.15) is 0 Å². The second-order valence-corrected chi connectivity index (χ2v) is 4.92. The van der Waals surface area contributed by atoms with E-state index in [1.54, 1.807) is 12.1 Å². The van der Waals surface area contributed by atoms with Crippen molar-refractivity contribution in [1.82, 2.24) is 0 Å². The van der Waals surface area contributed by atoms with Crippen molar-refractivity contribution in [2.24, 2.45) is 0 Å². The topological polar surface area (TPSA) is 57.5 Å². The number of ketones is 1. The summed E-state index contributed by atoms with van der Waals surface area (Å²) in [5.74, 6) is -0.440. The Hall–Kier alpha value is -1.97. The summed E-state index contributed by atoms with van der Waals surface area (Å²) >= 11 is 11.6. The molecule has 102 valence electrons. The van der Waals surface area contributed by atoms with Gasteiger partial charge in [0.1, 0.15) is 11.5 Å². The number of phenolic OH excluding ortho intramolecular Hbond substituents is 2. The first kappa shape index (κ1) is 14.4. The lowest BCUT2D eigenvalue weighted by Gasteiger charge is -2.02. The molecule has 0 aliphatic carbocycles. The maximum atomic E-state index is 11.9. The Morgan fingerprint density at radius 1 is 1.10 bits per heavy atom. The van der Waals surface area contributed by atoms with Crippen molar-refractivity contribution in [3.63, 3.8) is 0 Å². The molecule has 0 radical (unpaired) electrons. The lowest BCUT2D eigenvalue weighted by molar-refractivity contribution is 0.104. The Kier molecular flexibility index (Phi) is 4.32. The highest BCUT2D eigenvalue weighted by atomic mass is 35.5. The van der Waals surface area contributed by atoms with Crippen molar-refractivity contribution in [2.75, 3.05) is 0 Å². The van der Waals surface area contributed by atoms with Gasteiger partial charge in [-0.15, -0.1) is 0 Å². The van der Waals surface area contributed by atoms with E-state index < -0.39 is 0 Å². The van der Waals surface area contributed by atoms with Gasteiger partial charge < -0.3 is 10.2 Å². The van der Waals surface area contributed by atoms with Crippen LogP contribution in [-0.2, 0) is 0 Å². The minimum atomic E-state index is -0.309. The Morgan fingerprint density at radius 2 is 1.85 bits per heavy atom. The number of halogens is 2. The summed E-state index contributed by atoms with van der Waals surface area (Å²) in [6.07, 6.45) is 2.69. The van der Waals surface area contributed by atoms with Crippen LogP contribution in [0.25, 0.3) is 6.08 Å². The Morgan fingerprint density at radius 3 is 2.55 bits per heavy atom. The first-order chi connectivity index (χ1) is 9.47. The molecular formula is C15H10Cl2O3. The van der Waals surface area contributed by atoms with E-state index >= 15 is 0 Å². The highest BCUT2D eigenvalue weighted by Gasteiger charge is 2.07. The number of phenols is 2. The van der Waals surface area contributed by atoms with Gasteiger partial charge in [0.25, 0.3) is 0 Å². The van der Waals surface area contributed by atoms with Gasteiger partial charge in [0, 0.05) is 16.1 Å². The smallest absolute Gasteiger partial charge is 0.185 e. The van der Waals surface area contributed by atoms with E-state index in [4.69, 9.17) is 23.2 Å². The van der Waals surface area contributed by atoms with Gasteiger partial charge in [0.15, 0.2) is 5.78 Å². The summed E-state index contributed by atoms with van der Waals surface area (Å²) in [6.45, 7) is 0. The van der Waals surface area contributed by atoms with Crippen LogP contribution in [-0.4, -0.2) is 16.0 Å². The largest absolute Gasteiger partial charge is 0.508 e. The molecule has 0 aliphatic heterocycles. The maximum Gasteiger partial charge on any atom is 0.185 e. The predicted molar refractivity (Wildman–Crippen MR) is 79.6 cm³/mol. The minimum Gasteiger partial charge on any atom is -0.508 e. The average molecular weight is 309 g/mol. The van der Waals surface area contributed by atoms with Crippen molar-refractivity contribution in [1.29, 1.82) is 0 Å². The summed E-state index contributed by atoms with van der Waals surface area (Å²) in [4.78, 5) is 11.9. The Labute approximate surface area is 125 Å². The van der Waals surface area contributed by atoms with Crippen LogP contribution in [0.1, 0.15) is 15.9 Å². The van der Waals surface area contributed by atoms with E-state index in [9.17, 15) is 15.0 Å². The highest BCUT2D eigenvalue weighted by molar-refractivity contribution is 6.35. The van der Waals surface area contributed by atoms with E-state index in [0.29, 0.717) is 16.1 Å². The van der Waals surface area contributed by atoms with Crippen LogP contribution in [0.15, 0.2) is 42.5 Å². The first-order valence-electron chi connectivity index (χ1n) is 5.67. The zero-order chi connectivity index (χ0) is 14.7. The number of benzene rings is 2. The first-order valence-corrected chi connectivity index (χ1v) is 6.42. The molecule has 3 nitrogen and oxygen atoms in total. The van der Waals surface area contributed by atoms with Gasteiger partial charge in [-0.1, -0.05) is 35.3 Å². The zero-order valence-electron chi connectivity index (χ0n) is 10.2. The van der Waals surface area contributed by atoms with Gasteiger partial charge in [-0.3, -0.25) is 4.79 Å². The predicted octanol–water partition coefficient (Wildman–Crippen LogP) is 4.30. The van der Waals surface area contributed by atoms with Crippen LogP contribution >= 0.6 is 23.2 Å². The molecule has 0 bridgehead atoms. The number of rotatable bonds is 3. The van der Waals surface area contributed by atoms with E-state index in [0.717, 1.165) is 0 Å². The fourth-order valence-corrected chi connectivity index (χ4v) is 2.14. The van der Waals surface area contributed by atoms with Gasteiger partial charge in [0.05, 0.1) is 5.02 Å². The number of hydrogen-bond donors (Lipinski definition) is 2. The quantitative estimate of drug-likeness (QED) is 0.656. The molecule has 5 heteroatoms. The van der Waals surface area contributed by atoms with Crippen molar-refractivity contribution in [3.8, 4) is 11.5 Å². The molecule has 2 rings (SSSR count). The third-order valence-corrected chi connectivity index (χ3v) is 3.11. The molecule has 2 aromatic rings. The van der Waals surface area contributed by atoms with Gasteiger partial charge in [0.2, 0.25) is 0 Å². The van der Waals surface area contributed by atoms with E-state index in [2.05, 4.69) is 0 Å². The number of carbonyl (C=O) groups excluding carboxylic acids is 1. The summed E-state index contributed by atoms with van der Waals surface area (Å²) in [6, 6.07) is 8.89. The normalized spacial score (nSPS) is 10.9. The van der Waals surface area contributed by atoms with E-state index in [1.165, 1.54) is 36.4 Å². The van der Waals surface area contributed by atoms with Gasteiger partial charge >= 0.3 is 0 Å². The summed E-state index contributed by atoms with van der Waals surface area (Å²) in [5, 5.41) is 19.5. The molecule has 0 aliphatic rings. The molecule has 2 N–H and O–H groups in total. The molecule has 0 spiro atoms. The number of allylic oxidation sites excluding steroid dienone is 1. The van der Waals surface area contributed by atoms with Crippen LogP contribution in [0, 0.1) is 0 Å². The molecule has 0 heterocycles. The van der Waals surface area contributed by atoms with Crippen LogP contribution in [0.2, 0.25) is 10.0 Å². The van der Waals surface area contributed by atoms with E-state index in [1.807, 2.05) is 0 Å². The lowest BCUT2D eigenvalue weighted by atomic mass is 10.1.